The first-order valence-electron chi connectivity index (χ1n) is 6.19. The molecule has 0 spiro atoms. The zero-order valence-electron chi connectivity index (χ0n) is 11.2. The lowest BCUT2D eigenvalue weighted by molar-refractivity contribution is 0.885. The highest BCUT2D eigenvalue weighted by Crippen LogP contribution is 2.31. The van der Waals surface area contributed by atoms with E-state index in [2.05, 4.69) is 5.32 Å². The number of rotatable bonds is 4. The summed E-state index contributed by atoms with van der Waals surface area (Å²) in [5.74, 6) is 0. The van der Waals surface area contributed by atoms with Gasteiger partial charge in [0.2, 0.25) is 0 Å². The van der Waals surface area contributed by atoms with E-state index in [-0.39, 0.29) is 6.04 Å². The molecule has 0 aliphatic heterocycles. The Morgan fingerprint density at radius 3 is 2.38 bits per heavy atom. The quantitative estimate of drug-likeness (QED) is 0.712. The standard InChI is InChI=1S/C15H13Cl3N2S/c1-8(11-4-3-10(16)7-12(11)17)20-14-5-2-9(15(19)21)6-13(14)18/h2-8,20H,1H3,(H2,19,21). The van der Waals surface area contributed by atoms with Gasteiger partial charge >= 0.3 is 0 Å². The lowest BCUT2D eigenvalue weighted by atomic mass is 10.1. The Morgan fingerprint density at radius 1 is 1.10 bits per heavy atom. The van der Waals surface area contributed by atoms with Crippen molar-refractivity contribution >= 4 is 57.7 Å². The molecule has 0 aliphatic rings. The molecule has 1 unspecified atom stereocenters. The molecule has 6 heteroatoms. The highest BCUT2D eigenvalue weighted by molar-refractivity contribution is 7.80. The maximum atomic E-state index is 6.24. The van der Waals surface area contributed by atoms with Crippen LogP contribution in [0.4, 0.5) is 5.69 Å². The third kappa shape index (κ3) is 4.01. The molecule has 2 rings (SSSR count). The van der Waals surface area contributed by atoms with Crippen molar-refractivity contribution in [1.29, 1.82) is 0 Å². The summed E-state index contributed by atoms with van der Waals surface area (Å²) < 4.78 is 0. The summed E-state index contributed by atoms with van der Waals surface area (Å²) in [6, 6.07) is 10.8. The first-order valence-corrected chi connectivity index (χ1v) is 7.73. The molecule has 0 fully saturated rings. The monoisotopic (exact) mass is 358 g/mol. The minimum absolute atomic E-state index is 0.0251. The highest BCUT2D eigenvalue weighted by Gasteiger charge is 2.12. The zero-order chi connectivity index (χ0) is 15.6. The molecule has 0 radical (unpaired) electrons. The van der Waals surface area contributed by atoms with Crippen molar-refractivity contribution in [3.8, 4) is 0 Å². The van der Waals surface area contributed by atoms with Gasteiger partial charge in [-0.2, -0.15) is 0 Å². The van der Waals surface area contributed by atoms with Gasteiger partial charge < -0.3 is 11.1 Å². The summed E-state index contributed by atoms with van der Waals surface area (Å²) in [4.78, 5) is 0.317. The van der Waals surface area contributed by atoms with E-state index in [0.717, 1.165) is 16.8 Å². The first-order chi connectivity index (χ1) is 9.88. The van der Waals surface area contributed by atoms with Crippen molar-refractivity contribution in [2.24, 2.45) is 5.73 Å². The summed E-state index contributed by atoms with van der Waals surface area (Å²) in [5, 5.41) is 5.08. The van der Waals surface area contributed by atoms with E-state index in [1.54, 1.807) is 18.2 Å². The van der Waals surface area contributed by atoms with Crippen LogP contribution >= 0.6 is 47.0 Å². The SMILES string of the molecule is CC(Nc1ccc(C(N)=S)cc1Cl)c1ccc(Cl)cc1Cl. The fraction of sp³-hybridized carbons (Fsp3) is 0.133. The van der Waals surface area contributed by atoms with Crippen LogP contribution < -0.4 is 11.1 Å². The van der Waals surface area contributed by atoms with E-state index in [0.29, 0.717) is 20.1 Å². The van der Waals surface area contributed by atoms with Gasteiger partial charge in [-0.1, -0.05) is 53.1 Å². The topological polar surface area (TPSA) is 38.0 Å². The van der Waals surface area contributed by atoms with Gasteiger partial charge in [0, 0.05) is 15.6 Å². The Bertz CT molecular complexity index is 689. The largest absolute Gasteiger partial charge is 0.389 e. The molecular formula is C15H13Cl3N2S. The molecule has 0 saturated heterocycles. The van der Waals surface area contributed by atoms with Gasteiger partial charge in [0.05, 0.1) is 16.8 Å². The smallest absolute Gasteiger partial charge is 0.104 e. The van der Waals surface area contributed by atoms with E-state index in [1.165, 1.54) is 0 Å². The van der Waals surface area contributed by atoms with Crippen molar-refractivity contribution in [2.75, 3.05) is 5.32 Å². The predicted molar refractivity (Wildman–Crippen MR) is 95.8 cm³/mol. The molecule has 0 bridgehead atoms. The zero-order valence-corrected chi connectivity index (χ0v) is 14.2. The molecule has 21 heavy (non-hydrogen) atoms. The van der Waals surface area contributed by atoms with Crippen molar-refractivity contribution in [3.63, 3.8) is 0 Å². The number of hydrogen-bond acceptors (Lipinski definition) is 2. The van der Waals surface area contributed by atoms with Crippen LogP contribution in [-0.2, 0) is 0 Å². The number of benzene rings is 2. The lowest BCUT2D eigenvalue weighted by Gasteiger charge is -2.18. The molecule has 2 aromatic carbocycles. The van der Waals surface area contributed by atoms with Crippen LogP contribution in [0, 0.1) is 0 Å². The molecule has 0 saturated carbocycles. The average molecular weight is 360 g/mol. The lowest BCUT2D eigenvalue weighted by Crippen LogP contribution is -2.11. The second-order valence-electron chi connectivity index (χ2n) is 4.59. The van der Waals surface area contributed by atoms with Crippen LogP contribution in [0.2, 0.25) is 15.1 Å². The third-order valence-corrected chi connectivity index (χ3v) is 4.17. The van der Waals surface area contributed by atoms with Gasteiger partial charge in [-0.15, -0.1) is 0 Å². The Labute approximate surface area is 144 Å². The predicted octanol–water partition coefficient (Wildman–Crippen LogP) is 5.45. The maximum Gasteiger partial charge on any atom is 0.104 e. The van der Waals surface area contributed by atoms with Gasteiger partial charge in [0.15, 0.2) is 0 Å². The van der Waals surface area contributed by atoms with E-state index in [4.69, 9.17) is 52.8 Å². The molecule has 1 atom stereocenters. The van der Waals surface area contributed by atoms with Crippen LogP contribution in [-0.4, -0.2) is 4.99 Å². The summed E-state index contributed by atoms with van der Waals surface area (Å²) in [7, 11) is 0. The van der Waals surface area contributed by atoms with E-state index in [9.17, 15) is 0 Å². The number of thiocarbonyl (C=S) groups is 1. The van der Waals surface area contributed by atoms with Crippen LogP contribution in [0.5, 0.6) is 0 Å². The van der Waals surface area contributed by atoms with Crippen LogP contribution in [0.1, 0.15) is 24.1 Å². The third-order valence-electron chi connectivity index (χ3n) is 3.05. The fourth-order valence-corrected chi connectivity index (χ4v) is 2.88. The molecule has 0 aliphatic carbocycles. The Kier molecular flexibility index (Phi) is 5.33. The molecule has 110 valence electrons. The van der Waals surface area contributed by atoms with Gasteiger partial charge in [-0.25, -0.2) is 0 Å². The molecule has 0 aromatic heterocycles. The molecule has 2 aromatic rings. The minimum Gasteiger partial charge on any atom is -0.389 e. The highest BCUT2D eigenvalue weighted by atomic mass is 35.5. The summed E-state index contributed by atoms with van der Waals surface area (Å²) in [5.41, 5.74) is 8.04. The number of halogens is 3. The molecule has 2 nitrogen and oxygen atoms in total. The normalized spacial score (nSPS) is 12.0. The van der Waals surface area contributed by atoms with E-state index < -0.39 is 0 Å². The number of nitrogens with one attached hydrogen (secondary N) is 1. The molecule has 3 N–H and O–H groups in total. The minimum atomic E-state index is -0.0251. The molecule has 0 amide bonds. The van der Waals surface area contributed by atoms with Gasteiger partial charge in [-0.3, -0.25) is 0 Å². The van der Waals surface area contributed by atoms with Crippen molar-refractivity contribution < 1.29 is 0 Å². The van der Waals surface area contributed by atoms with Gasteiger partial charge in [0.25, 0.3) is 0 Å². The second kappa shape index (κ2) is 6.84. The van der Waals surface area contributed by atoms with E-state index in [1.807, 2.05) is 25.1 Å². The van der Waals surface area contributed by atoms with Crippen LogP contribution in [0.25, 0.3) is 0 Å². The second-order valence-corrected chi connectivity index (χ2v) is 6.28. The van der Waals surface area contributed by atoms with Gasteiger partial charge in [0.1, 0.15) is 4.99 Å². The van der Waals surface area contributed by atoms with Crippen LogP contribution in [0.15, 0.2) is 36.4 Å². The maximum absolute atomic E-state index is 6.24. The van der Waals surface area contributed by atoms with E-state index >= 15 is 0 Å². The van der Waals surface area contributed by atoms with Crippen molar-refractivity contribution in [3.05, 3.63) is 62.6 Å². The van der Waals surface area contributed by atoms with Crippen molar-refractivity contribution in [2.45, 2.75) is 13.0 Å². The Hall–Kier alpha value is -1.000. The Balaban J connectivity index is 2.23. The van der Waals surface area contributed by atoms with Crippen molar-refractivity contribution in [1.82, 2.24) is 0 Å². The number of nitrogens with two attached hydrogens (primary N) is 1. The summed E-state index contributed by atoms with van der Waals surface area (Å²) in [6.07, 6.45) is 0. The summed E-state index contributed by atoms with van der Waals surface area (Å²) in [6.45, 7) is 1.99. The number of anilines is 1. The van der Waals surface area contributed by atoms with Gasteiger partial charge in [-0.05, 0) is 42.8 Å². The molecular weight excluding hydrogens is 347 g/mol. The fourth-order valence-electron chi connectivity index (χ4n) is 1.95. The first kappa shape index (κ1) is 16.4. The Morgan fingerprint density at radius 2 is 1.81 bits per heavy atom. The molecule has 0 heterocycles. The van der Waals surface area contributed by atoms with Crippen LogP contribution in [0.3, 0.4) is 0 Å². The summed E-state index contributed by atoms with van der Waals surface area (Å²) >= 11 is 23.3. The average Bonchev–Trinajstić information content (AvgIpc) is 2.40. The number of hydrogen-bond donors (Lipinski definition) is 2.